The number of carbonyl (C=O) groups excluding carboxylic acids is 1. The number of thiocarbonyl (C=S) groups is 1. The highest BCUT2D eigenvalue weighted by Gasteiger charge is 2.32. The van der Waals surface area contributed by atoms with Crippen LogP contribution in [0.2, 0.25) is 0 Å². The number of nitrogens with one attached hydrogen (secondary N) is 1. The first-order valence-electron chi connectivity index (χ1n) is 10.1. The third kappa shape index (κ3) is 3.86. The summed E-state index contributed by atoms with van der Waals surface area (Å²) in [5.41, 5.74) is 8.99. The van der Waals surface area contributed by atoms with Crippen LogP contribution in [0.15, 0.2) is 52.6 Å². The van der Waals surface area contributed by atoms with E-state index in [-0.39, 0.29) is 5.91 Å². The Hall–Kier alpha value is -2.70. The second kappa shape index (κ2) is 8.09. The molecule has 0 radical (unpaired) electrons. The van der Waals surface area contributed by atoms with Gasteiger partial charge in [0.1, 0.15) is 5.70 Å². The molecule has 0 saturated carbocycles. The summed E-state index contributed by atoms with van der Waals surface area (Å²) < 4.78 is 3.28. The second-order valence-corrected chi connectivity index (χ2v) is 9.23. The van der Waals surface area contributed by atoms with Crippen LogP contribution >= 0.6 is 28.1 Å². The zero-order valence-corrected chi connectivity index (χ0v) is 20.6. The number of aromatic nitrogens is 1. The van der Waals surface area contributed by atoms with Crippen LogP contribution in [0, 0.1) is 34.6 Å². The molecule has 0 atom stereocenters. The summed E-state index contributed by atoms with van der Waals surface area (Å²) in [6.07, 6.45) is 1.89. The van der Waals surface area contributed by atoms with E-state index in [1.165, 1.54) is 11.1 Å². The van der Waals surface area contributed by atoms with Crippen molar-refractivity contribution in [1.82, 2.24) is 9.88 Å². The monoisotopic (exact) mass is 493 g/mol. The number of hydrogen-bond donors (Lipinski definition) is 1. The lowest BCUT2D eigenvalue weighted by Gasteiger charge is -2.15. The molecular formula is C25H24BrN3OS. The van der Waals surface area contributed by atoms with E-state index in [1.807, 2.05) is 31.2 Å². The van der Waals surface area contributed by atoms with Crippen LogP contribution in [0.3, 0.4) is 0 Å². The standard InChI is InChI=1S/C25H24BrN3OS/c1-14-6-7-21(10-15(14)2)29-24(30)23(27-25(29)31)13-19-12-17(4)28(18(19)5)20-8-9-22(26)16(3)11-20/h6-13H,1-5H3,(H,27,31)/b23-13-. The van der Waals surface area contributed by atoms with Crippen LogP contribution in [0.25, 0.3) is 11.8 Å². The average molecular weight is 494 g/mol. The lowest BCUT2D eigenvalue weighted by molar-refractivity contribution is -0.113. The SMILES string of the molecule is Cc1ccc(N2C(=O)/C(=C/c3cc(C)n(-c4ccc(Br)c(C)c4)c3C)NC2=S)cc1C. The van der Waals surface area contributed by atoms with Crippen LogP contribution in [-0.4, -0.2) is 15.6 Å². The van der Waals surface area contributed by atoms with Gasteiger partial charge in [-0.3, -0.25) is 9.69 Å². The maximum Gasteiger partial charge on any atom is 0.281 e. The molecule has 0 aliphatic carbocycles. The molecule has 1 aromatic heterocycles. The quantitative estimate of drug-likeness (QED) is 0.356. The van der Waals surface area contributed by atoms with Crippen molar-refractivity contribution in [2.24, 2.45) is 0 Å². The van der Waals surface area contributed by atoms with Crippen LogP contribution in [0.5, 0.6) is 0 Å². The van der Waals surface area contributed by atoms with Gasteiger partial charge in [0.05, 0.1) is 5.69 Å². The molecule has 4 rings (SSSR count). The maximum atomic E-state index is 13.2. The summed E-state index contributed by atoms with van der Waals surface area (Å²) in [7, 11) is 0. The Morgan fingerprint density at radius 3 is 2.26 bits per heavy atom. The van der Waals surface area contributed by atoms with Gasteiger partial charge in [0, 0.05) is 21.5 Å². The highest BCUT2D eigenvalue weighted by molar-refractivity contribution is 9.10. The molecule has 0 bridgehead atoms. The Balaban J connectivity index is 1.71. The minimum Gasteiger partial charge on any atom is -0.327 e. The first kappa shape index (κ1) is 21.5. The smallest absolute Gasteiger partial charge is 0.281 e. The van der Waals surface area contributed by atoms with Gasteiger partial charge >= 0.3 is 0 Å². The number of amides is 1. The summed E-state index contributed by atoms with van der Waals surface area (Å²) in [5, 5.41) is 3.50. The largest absolute Gasteiger partial charge is 0.327 e. The molecule has 1 N–H and O–H groups in total. The molecule has 2 aromatic carbocycles. The lowest BCUT2D eigenvalue weighted by Crippen LogP contribution is -2.30. The highest BCUT2D eigenvalue weighted by Crippen LogP contribution is 2.28. The van der Waals surface area contributed by atoms with Crippen LogP contribution in [0.1, 0.15) is 33.6 Å². The summed E-state index contributed by atoms with van der Waals surface area (Å²) in [5.74, 6) is -0.141. The third-order valence-corrected chi connectivity index (χ3v) is 6.97. The summed E-state index contributed by atoms with van der Waals surface area (Å²) in [6, 6.07) is 14.3. The number of carbonyl (C=O) groups is 1. The normalized spacial score (nSPS) is 15.2. The average Bonchev–Trinajstić information content (AvgIpc) is 3.15. The van der Waals surface area contributed by atoms with Crippen molar-refractivity contribution < 1.29 is 4.79 Å². The van der Waals surface area contributed by atoms with Crippen molar-refractivity contribution in [3.8, 4) is 5.69 Å². The molecule has 1 saturated heterocycles. The van der Waals surface area contributed by atoms with E-state index in [1.54, 1.807) is 4.90 Å². The number of nitrogens with zero attached hydrogens (tertiary/aromatic N) is 2. The fourth-order valence-electron chi connectivity index (χ4n) is 3.89. The molecule has 1 fully saturated rings. The number of anilines is 1. The molecular weight excluding hydrogens is 470 g/mol. The minimum atomic E-state index is -0.141. The Morgan fingerprint density at radius 1 is 0.903 bits per heavy atom. The first-order valence-corrected chi connectivity index (χ1v) is 11.3. The zero-order chi connectivity index (χ0) is 22.4. The van der Waals surface area contributed by atoms with E-state index in [0.717, 1.165) is 38.4 Å². The number of rotatable bonds is 3. The Labute approximate surface area is 196 Å². The van der Waals surface area contributed by atoms with Crippen molar-refractivity contribution in [3.63, 3.8) is 0 Å². The molecule has 0 unspecified atom stereocenters. The number of hydrogen-bond acceptors (Lipinski definition) is 2. The molecule has 31 heavy (non-hydrogen) atoms. The predicted molar refractivity (Wildman–Crippen MR) is 135 cm³/mol. The number of benzene rings is 2. The lowest BCUT2D eigenvalue weighted by atomic mass is 10.1. The van der Waals surface area contributed by atoms with E-state index in [4.69, 9.17) is 12.2 Å². The van der Waals surface area contributed by atoms with Gasteiger partial charge in [-0.15, -0.1) is 0 Å². The van der Waals surface area contributed by atoms with Gasteiger partial charge in [-0.2, -0.15) is 0 Å². The van der Waals surface area contributed by atoms with Gasteiger partial charge in [0.2, 0.25) is 0 Å². The van der Waals surface area contributed by atoms with Crippen LogP contribution < -0.4 is 10.2 Å². The molecule has 1 amide bonds. The van der Waals surface area contributed by atoms with Gasteiger partial charge in [-0.05, 0) is 112 Å². The molecule has 2 heterocycles. The third-order valence-electron chi connectivity index (χ3n) is 5.80. The Bertz CT molecular complexity index is 1270. The van der Waals surface area contributed by atoms with E-state index in [0.29, 0.717) is 10.8 Å². The molecule has 158 valence electrons. The fourth-order valence-corrected chi connectivity index (χ4v) is 4.43. The molecule has 1 aliphatic heterocycles. The van der Waals surface area contributed by atoms with Gasteiger partial charge in [-0.1, -0.05) is 22.0 Å². The van der Waals surface area contributed by atoms with Crippen molar-refractivity contribution in [1.29, 1.82) is 0 Å². The van der Waals surface area contributed by atoms with Crippen LogP contribution in [-0.2, 0) is 4.79 Å². The molecule has 6 heteroatoms. The predicted octanol–water partition coefficient (Wildman–Crippen LogP) is 6.04. The molecule has 0 spiro atoms. The van der Waals surface area contributed by atoms with Gasteiger partial charge in [0.25, 0.3) is 5.91 Å². The Morgan fingerprint density at radius 2 is 1.58 bits per heavy atom. The van der Waals surface area contributed by atoms with Crippen molar-refractivity contribution in [2.45, 2.75) is 34.6 Å². The van der Waals surface area contributed by atoms with E-state index in [9.17, 15) is 4.79 Å². The topological polar surface area (TPSA) is 37.3 Å². The fraction of sp³-hybridized carbons (Fsp3) is 0.200. The van der Waals surface area contributed by atoms with Gasteiger partial charge in [-0.25, -0.2) is 0 Å². The Kier molecular flexibility index (Phi) is 5.62. The molecule has 3 aromatic rings. The highest BCUT2D eigenvalue weighted by atomic mass is 79.9. The minimum absolute atomic E-state index is 0.141. The zero-order valence-electron chi connectivity index (χ0n) is 18.2. The summed E-state index contributed by atoms with van der Waals surface area (Å²) in [4.78, 5) is 14.7. The number of aryl methyl sites for hydroxylation is 4. The molecule has 1 aliphatic rings. The first-order chi connectivity index (χ1) is 14.7. The van der Waals surface area contributed by atoms with E-state index >= 15 is 0 Å². The van der Waals surface area contributed by atoms with Crippen LogP contribution in [0.4, 0.5) is 5.69 Å². The van der Waals surface area contributed by atoms with Crippen molar-refractivity contribution in [2.75, 3.05) is 4.90 Å². The van der Waals surface area contributed by atoms with Gasteiger partial charge in [0.15, 0.2) is 5.11 Å². The van der Waals surface area contributed by atoms with E-state index in [2.05, 4.69) is 77.8 Å². The van der Waals surface area contributed by atoms with Crippen molar-refractivity contribution in [3.05, 3.63) is 86.3 Å². The molecule has 4 nitrogen and oxygen atoms in total. The van der Waals surface area contributed by atoms with Gasteiger partial charge < -0.3 is 9.88 Å². The summed E-state index contributed by atoms with van der Waals surface area (Å²) >= 11 is 9.05. The number of halogens is 1. The van der Waals surface area contributed by atoms with Crippen molar-refractivity contribution >= 4 is 50.9 Å². The maximum absolute atomic E-state index is 13.2. The van der Waals surface area contributed by atoms with E-state index < -0.39 is 0 Å². The summed E-state index contributed by atoms with van der Waals surface area (Å²) in [6.45, 7) is 10.3. The second-order valence-electron chi connectivity index (χ2n) is 7.99.